The molecule has 1 aliphatic heterocycles. The second-order valence-corrected chi connectivity index (χ2v) is 7.73. The fourth-order valence-corrected chi connectivity index (χ4v) is 4.27. The zero-order chi connectivity index (χ0) is 15.4. The van der Waals surface area contributed by atoms with Crippen molar-refractivity contribution in [1.82, 2.24) is 5.32 Å². The van der Waals surface area contributed by atoms with Crippen LogP contribution in [-0.4, -0.2) is 19.1 Å². The summed E-state index contributed by atoms with van der Waals surface area (Å²) in [5.41, 5.74) is 2.83. The van der Waals surface area contributed by atoms with E-state index in [9.17, 15) is 0 Å². The van der Waals surface area contributed by atoms with Crippen LogP contribution in [0.4, 0.5) is 5.69 Å². The first-order valence-electron chi connectivity index (χ1n) is 9.28. The van der Waals surface area contributed by atoms with Crippen molar-refractivity contribution in [3.8, 4) is 0 Å². The highest BCUT2D eigenvalue weighted by atomic mass is 15.1. The Labute approximate surface area is 136 Å². The predicted molar refractivity (Wildman–Crippen MR) is 95.3 cm³/mol. The minimum Gasteiger partial charge on any atom is -0.371 e. The lowest BCUT2D eigenvalue weighted by Crippen LogP contribution is -2.38. The summed E-state index contributed by atoms with van der Waals surface area (Å²) >= 11 is 0. The molecule has 22 heavy (non-hydrogen) atoms. The third-order valence-electron chi connectivity index (χ3n) is 5.37. The number of piperidine rings is 1. The standard InChI is InChI=1S/C20H32N2/c1-16-12-17(2)15-22(14-16)20-10-8-18(9-11-20)13-21-19-6-4-3-5-7-19/h8-11,16-17,19,21H,3-7,12-15H2,1-2H3. The van der Waals surface area contributed by atoms with Crippen molar-refractivity contribution in [3.05, 3.63) is 29.8 Å². The Hall–Kier alpha value is -1.02. The van der Waals surface area contributed by atoms with Crippen LogP contribution in [0, 0.1) is 11.8 Å². The van der Waals surface area contributed by atoms with E-state index in [1.807, 2.05) is 0 Å². The molecule has 1 saturated heterocycles. The molecule has 0 bridgehead atoms. The van der Waals surface area contributed by atoms with Crippen molar-refractivity contribution in [3.63, 3.8) is 0 Å². The molecular formula is C20H32N2. The van der Waals surface area contributed by atoms with Crippen LogP contribution in [0.5, 0.6) is 0 Å². The maximum Gasteiger partial charge on any atom is 0.0366 e. The fourth-order valence-electron chi connectivity index (χ4n) is 4.27. The molecule has 122 valence electrons. The Morgan fingerprint density at radius 2 is 1.59 bits per heavy atom. The second-order valence-electron chi connectivity index (χ2n) is 7.73. The van der Waals surface area contributed by atoms with Crippen molar-refractivity contribution in [1.29, 1.82) is 0 Å². The van der Waals surface area contributed by atoms with Gasteiger partial charge in [0, 0.05) is 31.4 Å². The highest BCUT2D eigenvalue weighted by molar-refractivity contribution is 5.48. The average molecular weight is 300 g/mol. The van der Waals surface area contributed by atoms with Crippen LogP contribution in [0.1, 0.15) is 57.9 Å². The summed E-state index contributed by atoms with van der Waals surface area (Å²) < 4.78 is 0. The molecule has 2 nitrogen and oxygen atoms in total. The molecule has 0 spiro atoms. The van der Waals surface area contributed by atoms with E-state index in [-0.39, 0.29) is 0 Å². The van der Waals surface area contributed by atoms with Crippen molar-refractivity contribution >= 4 is 5.69 Å². The molecule has 0 amide bonds. The van der Waals surface area contributed by atoms with Gasteiger partial charge in [-0.3, -0.25) is 0 Å². The SMILES string of the molecule is CC1CC(C)CN(c2ccc(CNC3CCCCC3)cc2)C1. The van der Waals surface area contributed by atoms with Crippen LogP contribution < -0.4 is 10.2 Å². The second kappa shape index (κ2) is 7.50. The van der Waals surface area contributed by atoms with Crippen molar-refractivity contribution in [2.75, 3.05) is 18.0 Å². The molecule has 0 radical (unpaired) electrons. The lowest BCUT2D eigenvalue weighted by atomic mass is 9.91. The molecule has 2 fully saturated rings. The maximum atomic E-state index is 3.74. The summed E-state index contributed by atoms with van der Waals surface area (Å²) in [4.78, 5) is 2.57. The summed E-state index contributed by atoms with van der Waals surface area (Å²) in [6, 6.07) is 10.0. The minimum absolute atomic E-state index is 0.747. The van der Waals surface area contributed by atoms with Gasteiger partial charge in [-0.05, 0) is 48.8 Å². The maximum absolute atomic E-state index is 3.74. The van der Waals surface area contributed by atoms with Gasteiger partial charge in [-0.25, -0.2) is 0 Å². The first-order chi connectivity index (χ1) is 10.7. The van der Waals surface area contributed by atoms with E-state index in [4.69, 9.17) is 0 Å². The molecule has 1 aliphatic carbocycles. The van der Waals surface area contributed by atoms with Gasteiger partial charge in [-0.15, -0.1) is 0 Å². The van der Waals surface area contributed by atoms with Crippen LogP contribution in [0.2, 0.25) is 0 Å². The molecule has 1 heterocycles. The third-order valence-corrected chi connectivity index (χ3v) is 5.37. The molecule has 1 aromatic carbocycles. The van der Waals surface area contributed by atoms with Crippen molar-refractivity contribution in [2.24, 2.45) is 11.8 Å². The first-order valence-corrected chi connectivity index (χ1v) is 9.28. The smallest absolute Gasteiger partial charge is 0.0366 e. The number of nitrogens with one attached hydrogen (secondary N) is 1. The van der Waals surface area contributed by atoms with Gasteiger partial charge < -0.3 is 10.2 Å². The van der Waals surface area contributed by atoms with E-state index in [1.165, 1.54) is 62.9 Å². The van der Waals surface area contributed by atoms with Crippen molar-refractivity contribution in [2.45, 2.75) is 65.0 Å². The molecule has 1 N–H and O–H groups in total. The van der Waals surface area contributed by atoms with E-state index < -0.39 is 0 Å². The molecule has 1 saturated carbocycles. The highest BCUT2D eigenvalue weighted by Crippen LogP contribution is 2.26. The van der Waals surface area contributed by atoms with E-state index >= 15 is 0 Å². The predicted octanol–water partition coefficient (Wildman–Crippen LogP) is 4.59. The number of nitrogens with zero attached hydrogens (tertiary/aromatic N) is 1. The molecule has 1 aromatic rings. The van der Waals surface area contributed by atoms with E-state index in [0.717, 1.165) is 24.4 Å². The summed E-state index contributed by atoms with van der Waals surface area (Å²) in [6.07, 6.45) is 8.34. The first kappa shape index (κ1) is 15.9. The van der Waals surface area contributed by atoms with E-state index in [2.05, 4.69) is 48.3 Å². The lowest BCUT2D eigenvalue weighted by Gasteiger charge is -2.36. The molecular weight excluding hydrogens is 268 g/mol. The monoisotopic (exact) mass is 300 g/mol. The van der Waals surface area contributed by atoms with Crippen LogP contribution in [-0.2, 0) is 6.54 Å². The van der Waals surface area contributed by atoms with Gasteiger partial charge in [0.1, 0.15) is 0 Å². The molecule has 2 heteroatoms. The molecule has 0 aromatic heterocycles. The zero-order valence-electron chi connectivity index (χ0n) is 14.4. The highest BCUT2D eigenvalue weighted by Gasteiger charge is 2.21. The normalized spacial score (nSPS) is 27.1. The van der Waals surface area contributed by atoms with Crippen LogP contribution in [0.15, 0.2) is 24.3 Å². The summed E-state index contributed by atoms with van der Waals surface area (Å²) in [5.74, 6) is 1.63. The Kier molecular flexibility index (Phi) is 5.41. The van der Waals surface area contributed by atoms with Crippen LogP contribution >= 0.6 is 0 Å². The van der Waals surface area contributed by atoms with Crippen LogP contribution in [0.25, 0.3) is 0 Å². The quantitative estimate of drug-likeness (QED) is 0.875. The lowest BCUT2D eigenvalue weighted by molar-refractivity contribution is 0.357. The number of hydrogen-bond acceptors (Lipinski definition) is 2. The molecule has 2 aliphatic rings. The van der Waals surface area contributed by atoms with Gasteiger partial charge in [0.05, 0.1) is 0 Å². The summed E-state index contributed by atoms with van der Waals surface area (Å²) in [5, 5.41) is 3.74. The number of hydrogen-bond donors (Lipinski definition) is 1. The Morgan fingerprint density at radius 3 is 2.23 bits per heavy atom. The number of anilines is 1. The van der Waals surface area contributed by atoms with Gasteiger partial charge >= 0.3 is 0 Å². The molecule has 2 unspecified atom stereocenters. The summed E-state index contributed by atoms with van der Waals surface area (Å²) in [6.45, 7) is 8.21. The number of benzene rings is 1. The van der Waals surface area contributed by atoms with Gasteiger partial charge in [0.15, 0.2) is 0 Å². The van der Waals surface area contributed by atoms with E-state index in [1.54, 1.807) is 0 Å². The fraction of sp³-hybridized carbons (Fsp3) is 0.700. The minimum atomic E-state index is 0.747. The third kappa shape index (κ3) is 4.25. The Morgan fingerprint density at radius 1 is 0.955 bits per heavy atom. The van der Waals surface area contributed by atoms with Gasteiger partial charge in [-0.2, -0.15) is 0 Å². The van der Waals surface area contributed by atoms with Gasteiger partial charge in [0.25, 0.3) is 0 Å². The topological polar surface area (TPSA) is 15.3 Å². The number of rotatable bonds is 4. The largest absolute Gasteiger partial charge is 0.371 e. The molecule has 3 rings (SSSR count). The average Bonchev–Trinajstić information content (AvgIpc) is 2.53. The van der Waals surface area contributed by atoms with Crippen LogP contribution in [0.3, 0.4) is 0 Å². The summed E-state index contributed by atoms with van der Waals surface area (Å²) in [7, 11) is 0. The van der Waals surface area contributed by atoms with E-state index in [0.29, 0.717) is 0 Å². The van der Waals surface area contributed by atoms with Crippen molar-refractivity contribution < 1.29 is 0 Å². The zero-order valence-corrected chi connectivity index (χ0v) is 14.4. The Bertz CT molecular complexity index is 437. The molecule has 2 atom stereocenters. The van der Waals surface area contributed by atoms with Gasteiger partial charge in [-0.1, -0.05) is 45.2 Å². The van der Waals surface area contributed by atoms with Gasteiger partial charge in [0.2, 0.25) is 0 Å². The Balaban J connectivity index is 1.53.